The molecule has 4 heteroatoms. The molecular formula is C23H31N3O. The minimum Gasteiger partial charge on any atom is -0.338 e. The highest BCUT2D eigenvalue weighted by molar-refractivity contribution is 5.99. The van der Waals surface area contributed by atoms with Crippen molar-refractivity contribution in [3.63, 3.8) is 0 Å². The predicted molar refractivity (Wildman–Crippen MR) is 112 cm³/mol. The fraction of sp³-hybridized carbons (Fsp3) is 0.478. The lowest BCUT2D eigenvalue weighted by molar-refractivity contribution is -0.124. The van der Waals surface area contributed by atoms with Gasteiger partial charge in [-0.2, -0.15) is 0 Å². The molecule has 0 saturated carbocycles. The summed E-state index contributed by atoms with van der Waals surface area (Å²) in [5.41, 5.74) is 2.92. The Morgan fingerprint density at radius 2 is 1.96 bits per heavy atom. The number of carbonyl (C=O) groups excluding carboxylic acids is 1. The van der Waals surface area contributed by atoms with Crippen LogP contribution in [0, 0.1) is 17.8 Å². The van der Waals surface area contributed by atoms with Crippen LogP contribution in [-0.2, 0) is 11.3 Å². The third-order valence-electron chi connectivity index (χ3n) is 5.97. The Morgan fingerprint density at radius 1 is 1.19 bits per heavy atom. The summed E-state index contributed by atoms with van der Waals surface area (Å²) in [7, 11) is 0. The van der Waals surface area contributed by atoms with Crippen LogP contribution in [0.1, 0.15) is 52.5 Å². The van der Waals surface area contributed by atoms with Gasteiger partial charge in [0.25, 0.3) is 0 Å². The first kappa shape index (κ1) is 19.4. The van der Waals surface area contributed by atoms with Gasteiger partial charge in [0.1, 0.15) is 5.82 Å². The van der Waals surface area contributed by atoms with E-state index in [-0.39, 0.29) is 11.8 Å². The Balaban J connectivity index is 1.97. The molecule has 0 spiro atoms. The van der Waals surface area contributed by atoms with Crippen molar-refractivity contribution in [2.24, 2.45) is 17.8 Å². The van der Waals surface area contributed by atoms with E-state index in [2.05, 4.69) is 38.0 Å². The van der Waals surface area contributed by atoms with Crippen LogP contribution in [0.4, 0.5) is 17.2 Å². The van der Waals surface area contributed by atoms with E-state index in [1.54, 1.807) is 6.20 Å². The number of hydrogen-bond donors (Lipinski definition) is 1. The minimum atomic E-state index is 0.0258. The summed E-state index contributed by atoms with van der Waals surface area (Å²) in [6.07, 6.45) is 4.97. The molecule has 1 amide bonds. The number of hydrogen-bond acceptors (Lipinski definition) is 3. The normalized spacial score (nSPS) is 16.4. The van der Waals surface area contributed by atoms with E-state index in [1.165, 1.54) is 0 Å². The van der Waals surface area contributed by atoms with Gasteiger partial charge < -0.3 is 10.2 Å². The molecule has 4 nitrogen and oxygen atoms in total. The number of anilines is 3. The van der Waals surface area contributed by atoms with Crippen molar-refractivity contribution < 1.29 is 4.79 Å². The fourth-order valence-corrected chi connectivity index (χ4v) is 4.16. The molecule has 2 aromatic rings. The lowest BCUT2D eigenvalue weighted by Crippen LogP contribution is -2.39. The molecule has 0 radical (unpaired) electrons. The van der Waals surface area contributed by atoms with Crippen LogP contribution in [0.15, 0.2) is 42.6 Å². The average molecular weight is 366 g/mol. The van der Waals surface area contributed by atoms with Gasteiger partial charge in [0.05, 0.1) is 17.9 Å². The van der Waals surface area contributed by atoms with Gasteiger partial charge in [-0.15, -0.1) is 0 Å². The van der Waals surface area contributed by atoms with Crippen LogP contribution in [-0.4, -0.2) is 10.9 Å². The largest absolute Gasteiger partial charge is 0.338 e. The van der Waals surface area contributed by atoms with Crippen molar-refractivity contribution in [3.05, 3.63) is 48.2 Å². The molecule has 3 rings (SSSR count). The number of aromatic nitrogens is 1. The van der Waals surface area contributed by atoms with E-state index in [9.17, 15) is 4.79 Å². The first-order valence-corrected chi connectivity index (χ1v) is 10.2. The lowest BCUT2D eigenvalue weighted by atomic mass is 9.79. The van der Waals surface area contributed by atoms with Gasteiger partial charge in [-0.3, -0.25) is 4.79 Å². The molecule has 1 aliphatic heterocycles. The molecule has 0 saturated heterocycles. The van der Waals surface area contributed by atoms with Crippen LogP contribution in [0.5, 0.6) is 0 Å². The van der Waals surface area contributed by atoms with Crippen molar-refractivity contribution >= 4 is 23.1 Å². The maximum atomic E-state index is 13.7. The molecule has 0 fully saturated rings. The van der Waals surface area contributed by atoms with E-state index in [0.717, 1.165) is 42.0 Å². The maximum Gasteiger partial charge on any atom is 0.230 e. The summed E-state index contributed by atoms with van der Waals surface area (Å²) >= 11 is 0. The first-order valence-electron chi connectivity index (χ1n) is 10.2. The van der Waals surface area contributed by atoms with Crippen LogP contribution < -0.4 is 10.2 Å². The number of fused-ring (bicyclic) bond motifs is 2. The number of para-hydroxylation sites is 2. The number of nitrogens with one attached hydrogen (secondary N) is 1. The molecule has 2 heterocycles. The van der Waals surface area contributed by atoms with E-state index in [1.807, 2.05) is 41.3 Å². The Morgan fingerprint density at radius 3 is 2.70 bits per heavy atom. The van der Waals surface area contributed by atoms with Crippen molar-refractivity contribution in [2.75, 3.05) is 10.2 Å². The first-order chi connectivity index (χ1) is 13.1. The van der Waals surface area contributed by atoms with Gasteiger partial charge in [-0.25, -0.2) is 4.98 Å². The van der Waals surface area contributed by atoms with Gasteiger partial charge in [0, 0.05) is 17.7 Å². The van der Waals surface area contributed by atoms with E-state index in [0.29, 0.717) is 18.4 Å². The third kappa shape index (κ3) is 4.00. The molecule has 1 unspecified atom stereocenters. The van der Waals surface area contributed by atoms with E-state index < -0.39 is 0 Å². The summed E-state index contributed by atoms with van der Waals surface area (Å²) in [6.45, 7) is 9.42. The molecule has 1 aliphatic rings. The molecule has 1 aromatic carbocycles. The molecule has 3 atom stereocenters. The number of nitrogens with zero attached hydrogens (tertiary/aromatic N) is 2. The van der Waals surface area contributed by atoms with Crippen molar-refractivity contribution in [1.29, 1.82) is 0 Å². The predicted octanol–water partition coefficient (Wildman–Crippen LogP) is 5.77. The van der Waals surface area contributed by atoms with Crippen molar-refractivity contribution in [3.8, 4) is 0 Å². The minimum absolute atomic E-state index is 0.0258. The zero-order valence-corrected chi connectivity index (χ0v) is 16.9. The van der Waals surface area contributed by atoms with Gasteiger partial charge in [0.15, 0.2) is 0 Å². The number of amides is 1. The summed E-state index contributed by atoms with van der Waals surface area (Å²) in [6, 6.07) is 12.0. The van der Waals surface area contributed by atoms with Gasteiger partial charge in [-0.1, -0.05) is 58.7 Å². The number of benzene rings is 1. The number of rotatable bonds is 6. The van der Waals surface area contributed by atoms with Crippen molar-refractivity contribution in [2.45, 2.75) is 53.5 Å². The topological polar surface area (TPSA) is 45.2 Å². The summed E-state index contributed by atoms with van der Waals surface area (Å²) in [5, 5.41) is 3.41. The number of carbonyl (C=O) groups is 1. The highest BCUT2D eigenvalue weighted by Crippen LogP contribution is 2.37. The SMILES string of the molecule is CCC[C@@H](C)[C@H](C)C(CC)C(=O)N1Cc2cccnc2Nc2ccccc21. The molecule has 0 bridgehead atoms. The van der Waals surface area contributed by atoms with E-state index in [4.69, 9.17) is 0 Å². The standard InChI is InChI=1S/C23H31N3O/c1-5-10-16(3)17(4)19(6-2)23(27)26-15-18-11-9-14-24-22(18)25-20-12-7-8-13-21(20)26/h7-9,11-14,16-17,19H,5-6,10,15H2,1-4H3,(H,24,25)/t16-,17+,19?/m1/s1. The van der Waals surface area contributed by atoms with Crippen LogP contribution in [0.25, 0.3) is 0 Å². The van der Waals surface area contributed by atoms with E-state index >= 15 is 0 Å². The van der Waals surface area contributed by atoms with Crippen LogP contribution >= 0.6 is 0 Å². The monoisotopic (exact) mass is 365 g/mol. The van der Waals surface area contributed by atoms with Crippen LogP contribution in [0.3, 0.4) is 0 Å². The Kier molecular flexibility index (Phi) is 6.15. The van der Waals surface area contributed by atoms with Crippen molar-refractivity contribution in [1.82, 2.24) is 4.98 Å². The molecule has 1 N–H and O–H groups in total. The second-order valence-corrected chi connectivity index (χ2v) is 7.72. The molecule has 1 aromatic heterocycles. The fourth-order valence-electron chi connectivity index (χ4n) is 4.16. The van der Waals surface area contributed by atoms with Crippen LogP contribution in [0.2, 0.25) is 0 Å². The summed E-state index contributed by atoms with van der Waals surface area (Å²) in [4.78, 5) is 20.1. The Hall–Kier alpha value is -2.36. The third-order valence-corrected chi connectivity index (χ3v) is 5.97. The zero-order chi connectivity index (χ0) is 19.4. The second-order valence-electron chi connectivity index (χ2n) is 7.72. The molecule has 0 aliphatic carbocycles. The quantitative estimate of drug-likeness (QED) is 0.707. The molecule has 27 heavy (non-hydrogen) atoms. The second kappa shape index (κ2) is 8.55. The van der Waals surface area contributed by atoms with Gasteiger partial charge in [0.2, 0.25) is 5.91 Å². The van der Waals surface area contributed by atoms with Gasteiger partial charge in [-0.05, 0) is 36.5 Å². The average Bonchev–Trinajstić information content (AvgIpc) is 2.85. The smallest absolute Gasteiger partial charge is 0.230 e. The highest BCUT2D eigenvalue weighted by Gasteiger charge is 2.33. The number of pyridine rings is 1. The lowest BCUT2D eigenvalue weighted by Gasteiger charge is -2.32. The summed E-state index contributed by atoms with van der Waals surface area (Å²) < 4.78 is 0. The maximum absolute atomic E-state index is 13.7. The Labute approximate surface area is 163 Å². The summed E-state index contributed by atoms with van der Waals surface area (Å²) in [5.74, 6) is 1.98. The molecule has 144 valence electrons. The van der Waals surface area contributed by atoms with Gasteiger partial charge >= 0.3 is 0 Å². The molecular weight excluding hydrogens is 334 g/mol. The Bertz CT molecular complexity index is 789. The highest BCUT2D eigenvalue weighted by atomic mass is 16.2. The zero-order valence-electron chi connectivity index (χ0n) is 16.9.